The standard InChI is InChI=1S/C26H12BrClF5NO.C20H10F5NO.C6H3BrClI/c27-14-9-15(28)11-18(10-14)34(16-4-2-1-3-5-16)17-7-6-13-8-20(35-19(13)12-17)21-22(29)24(31)26(33)25(32)23(21)30;21-16-15(17(22)19(24)20(25)18(16)23)14-8-10-6-7-12(9-13(10)27-14)26-11-4-2-1-3-5-11;7-4-1-5(8)3-6(9)2-4/h1-12H;1-9,26H;1-3H. The lowest BCUT2D eigenvalue weighted by molar-refractivity contribution is 0.379. The summed E-state index contributed by atoms with van der Waals surface area (Å²) in [6, 6.07) is 42.0. The van der Waals surface area contributed by atoms with Gasteiger partial charge in [0.05, 0.1) is 11.1 Å². The fraction of sp³-hybridized carbons (Fsp3) is 0. The minimum Gasteiger partial charge on any atom is -0.456 e. The van der Waals surface area contributed by atoms with E-state index in [1.165, 1.54) is 12.1 Å². The van der Waals surface area contributed by atoms with Gasteiger partial charge in [0.1, 0.15) is 22.7 Å². The first-order chi connectivity index (χ1) is 33.9. The van der Waals surface area contributed by atoms with Crippen molar-refractivity contribution >= 4 is 128 Å². The van der Waals surface area contributed by atoms with E-state index in [-0.39, 0.29) is 11.2 Å². The molecule has 1 N–H and O–H groups in total. The van der Waals surface area contributed by atoms with E-state index in [1.807, 2.05) is 89.8 Å². The summed E-state index contributed by atoms with van der Waals surface area (Å²) in [7, 11) is 0. The molecule has 0 aliphatic heterocycles. The highest BCUT2D eigenvalue weighted by molar-refractivity contribution is 14.1. The van der Waals surface area contributed by atoms with Gasteiger partial charge in [-0.1, -0.05) is 91.5 Å². The van der Waals surface area contributed by atoms with Crippen LogP contribution in [0.3, 0.4) is 0 Å². The Balaban J connectivity index is 0.000000166. The van der Waals surface area contributed by atoms with Gasteiger partial charge in [0.15, 0.2) is 46.5 Å². The van der Waals surface area contributed by atoms with Crippen molar-refractivity contribution < 1.29 is 52.7 Å². The second-order valence-corrected chi connectivity index (χ2v) is 18.9. The smallest absolute Gasteiger partial charge is 0.200 e. The van der Waals surface area contributed by atoms with Crippen molar-refractivity contribution in [1.82, 2.24) is 0 Å². The minimum atomic E-state index is -2.23. The number of benzene rings is 8. The maximum absolute atomic E-state index is 14.3. The van der Waals surface area contributed by atoms with Gasteiger partial charge in [-0.15, -0.1) is 0 Å². The van der Waals surface area contributed by atoms with Crippen LogP contribution in [0.1, 0.15) is 0 Å². The highest BCUT2D eigenvalue weighted by Gasteiger charge is 2.30. The van der Waals surface area contributed by atoms with Crippen LogP contribution in [0.5, 0.6) is 0 Å². The van der Waals surface area contributed by atoms with E-state index >= 15 is 0 Å². The molecule has 0 unspecified atom stereocenters. The number of para-hydroxylation sites is 2. The summed E-state index contributed by atoms with van der Waals surface area (Å²) in [4.78, 5) is 1.87. The molecule has 8 aromatic carbocycles. The van der Waals surface area contributed by atoms with Crippen LogP contribution in [0.4, 0.5) is 72.3 Å². The van der Waals surface area contributed by atoms with E-state index in [4.69, 9.17) is 32.0 Å². The Hall–Kier alpha value is -5.99. The number of furan rings is 2. The largest absolute Gasteiger partial charge is 0.456 e. The summed E-state index contributed by atoms with van der Waals surface area (Å²) in [6.07, 6.45) is 0. The first-order valence-electron chi connectivity index (χ1n) is 20.2. The second-order valence-electron chi connectivity index (χ2n) is 15.0. The molecule has 0 radical (unpaired) electrons. The monoisotopic (exact) mass is 1250 g/mol. The van der Waals surface area contributed by atoms with Gasteiger partial charge in [0.2, 0.25) is 11.6 Å². The third-order valence-corrected chi connectivity index (χ3v) is 12.2. The van der Waals surface area contributed by atoms with E-state index in [1.54, 1.807) is 48.5 Å². The Morgan fingerprint density at radius 1 is 0.408 bits per heavy atom. The predicted molar refractivity (Wildman–Crippen MR) is 272 cm³/mol. The van der Waals surface area contributed by atoms with E-state index in [9.17, 15) is 43.9 Å². The Labute approximate surface area is 436 Å². The predicted octanol–water partition coefficient (Wildman–Crippen LogP) is 19.9. The number of anilines is 5. The lowest BCUT2D eigenvalue weighted by Crippen LogP contribution is -2.09. The molecule has 0 saturated carbocycles. The van der Waals surface area contributed by atoms with Gasteiger partial charge in [-0.05, 0) is 120 Å². The Morgan fingerprint density at radius 2 is 0.859 bits per heavy atom. The van der Waals surface area contributed by atoms with Gasteiger partial charge in [0, 0.05) is 73.9 Å². The van der Waals surface area contributed by atoms with Crippen molar-refractivity contribution in [2.75, 3.05) is 10.2 Å². The van der Waals surface area contributed by atoms with Crippen molar-refractivity contribution in [3.05, 3.63) is 226 Å². The zero-order chi connectivity index (χ0) is 50.8. The lowest BCUT2D eigenvalue weighted by Gasteiger charge is -2.25. The summed E-state index contributed by atoms with van der Waals surface area (Å²) >= 11 is 21.0. The van der Waals surface area contributed by atoms with Crippen molar-refractivity contribution in [3.8, 4) is 22.6 Å². The Bertz CT molecular complexity index is 3500. The van der Waals surface area contributed by atoms with E-state index < -0.39 is 80.8 Å². The summed E-state index contributed by atoms with van der Waals surface area (Å²) in [5.41, 5.74) is 1.73. The van der Waals surface area contributed by atoms with E-state index in [0.717, 1.165) is 28.9 Å². The maximum Gasteiger partial charge on any atom is 0.200 e. The Morgan fingerprint density at radius 3 is 1.35 bits per heavy atom. The van der Waals surface area contributed by atoms with Crippen LogP contribution < -0.4 is 10.2 Å². The summed E-state index contributed by atoms with van der Waals surface area (Å²) in [5, 5.41) is 5.24. The first-order valence-corrected chi connectivity index (χ1v) is 23.7. The van der Waals surface area contributed by atoms with Crippen LogP contribution >= 0.6 is 77.7 Å². The van der Waals surface area contributed by atoms with Gasteiger partial charge in [-0.3, -0.25) is 0 Å². The number of rotatable bonds is 7. The lowest BCUT2D eigenvalue weighted by atomic mass is 10.1. The molecule has 71 heavy (non-hydrogen) atoms. The van der Waals surface area contributed by atoms with Crippen LogP contribution in [0, 0.1) is 61.7 Å². The SMILES string of the molecule is Clc1cc(Br)cc(I)c1.Fc1c(F)c(F)c(-c2cc3ccc(N(c4ccccc4)c4cc(Cl)cc(Br)c4)cc3o2)c(F)c1F.Fc1c(F)c(F)c(-c2cc3ccc(Nc4ccccc4)cc3o2)c(F)c1F. The number of hydrogen-bond acceptors (Lipinski definition) is 4. The fourth-order valence-electron chi connectivity index (χ4n) is 7.06. The van der Waals surface area contributed by atoms with E-state index in [0.29, 0.717) is 32.9 Å². The normalized spacial score (nSPS) is 11.0. The molecule has 10 aromatic rings. The molecule has 10 rings (SSSR count). The molecule has 0 aliphatic carbocycles. The van der Waals surface area contributed by atoms with Gasteiger partial charge in [-0.25, -0.2) is 43.9 Å². The average molecular weight is 1260 g/mol. The van der Waals surface area contributed by atoms with Gasteiger partial charge >= 0.3 is 0 Å². The molecule has 0 bridgehead atoms. The Kier molecular flexibility index (Phi) is 15.8. The number of hydrogen-bond donors (Lipinski definition) is 1. The van der Waals surface area contributed by atoms with Crippen molar-refractivity contribution in [2.24, 2.45) is 0 Å². The first kappa shape index (κ1) is 51.4. The number of halogens is 15. The molecule has 0 fully saturated rings. The van der Waals surface area contributed by atoms with Gasteiger partial charge in [0.25, 0.3) is 0 Å². The summed E-state index contributed by atoms with van der Waals surface area (Å²) < 4.78 is 152. The van der Waals surface area contributed by atoms with Crippen LogP contribution in [-0.2, 0) is 0 Å². The second kappa shape index (κ2) is 21.8. The molecule has 0 saturated heterocycles. The molecule has 0 spiro atoms. The molecule has 360 valence electrons. The molecule has 0 atom stereocenters. The van der Waals surface area contributed by atoms with Crippen LogP contribution in [0.25, 0.3) is 44.6 Å². The molecular weight excluding hydrogens is 1230 g/mol. The third kappa shape index (κ3) is 11.2. The highest BCUT2D eigenvalue weighted by atomic mass is 127. The molecular formula is C52H25Br2Cl2F10IN2O2. The zero-order valence-electron chi connectivity index (χ0n) is 35.3. The van der Waals surface area contributed by atoms with E-state index in [2.05, 4.69) is 59.8 Å². The van der Waals surface area contributed by atoms with Crippen molar-refractivity contribution in [3.63, 3.8) is 0 Å². The van der Waals surface area contributed by atoms with Crippen molar-refractivity contribution in [1.29, 1.82) is 0 Å². The number of fused-ring (bicyclic) bond motifs is 2. The average Bonchev–Trinajstić information content (AvgIpc) is 3.96. The molecule has 19 heteroatoms. The minimum absolute atomic E-state index is 0.184. The molecule has 4 nitrogen and oxygen atoms in total. The molecule has 0 aliphatic rings. The molecule has 0 amide bonds. The van der Waals surface area contributed by atoms with Crippen LogP contribution in [0.2, 0.25) is 10.0 Å². The highest BCUT2D eigenvalue weighted by Crippen LogP contribution is 2.41. The molecule has 2 aromatic heterocycles. The van der Waals surface area contributed by atoms with Gasteiger partial charge < -0.3 is 19.1 Å². The molecule has 2 heterocycles. The zero-order valence-corrected chi connectivity index (χ0v) is 42.1. The quantitative estimate of drug-likeness (QED) is 0.0747. The summed E-state index contributed by atoms with van der Waals surface area (Å²) in [6.45, 7) is 0. The number of nitrogens with zero attached hydrogens (tertiary/aromatic N) is 1. The maximum atomic E-state index is 14.3. The van der Waals surface area contributed by atoms with Gasteiger partial charge in [-0.2, -0.15) is 0 Å². The fourth-order valence-corrected chi connectivity index (χ4v) is 10.0. The van der Waals surface area contributed by atoms with Crippen molar-refractivity contribution in [2.45, 2.75) is 0 Å². The van der Waals surface area contributed by atoms with Crippen LogP contribution in [0.15, 0.2) is 163 Å². The summed E-state index contributed by atoms with van der Waals surface area (Å²) in [5.74, 6) is -21.3. The van der Waals surface area contributed by atoms with Crippen LogP contribution in [-0.4, -0.2) is 0 Å². The third-order valence-electron chi connectivity index (χ3n) is 10.2. The topological polar surface area (TPSA) is 41.6 Å². The number of nitrogens with one attached hydrogen (secondary N) is 1.